The second kappa shape index (κ2) is 3.21. The molecular weight excluding hydrogens is 222 g/mol. The molecule has 1 aromatic carbocycles. The lowest BCUT2D eigenvalue weighted by molar-refractivity contribution is 0.627. The lowest BCUT2D eigenvalue weighted by Gasteiger charge is -2.08. The van der Waals surface area contributed by atoms with Gasteiger partial charge in [-0.15, -0.1) is 0 Å². The van der Waals surface area contributed by atoms with Gasteiger partial charge in [0.2, 0.25) is 14.6 Å². The third kappa shape index (κ3) is 1.18. The molecule has 14 heavy (non-hydrogen) atoms. The molecule has 1 atom stereocenters. The Hall–Kier alpha value is -1.14. The van der Waals surface area contributed by atoms with Gasteiger partial charge in [-0.3, -0.25) is 0 Å². The molecule has 0 fully saturated rings. The summed E-state index contributed by atoms with van der Waals surface area (Å²) in [5, 5.41) is 0. The van der Waals surface area contributed by atoms with Crippen LogP contribution in [0, 0.1) is 0 Å². The Morgan fingerprint density at radius 1 is 1.29 bits per heavy atom. The van der Waals surface area contributed by atoms with Gasteiger partial charge < -0.3 is 4.90 Å². The Labute approximate surface area is 85.2 Å². The van der Waals surface area contributed by atoms with Gasteiger partial charge in [0.05, 0.1) is 10.6 Å². The van der Waals surface area contributed by atoms with E-state index in [0.717, 1.165) is 0 Å². The molecule has 0 radical (unpaired) electrons. The first kappa shape index (κ1) is 9.42. The summed E-state index contributed by atoms with van der Waals surface area (Å²) in [6.07, 6.45) is 0. The molecule has 0 amide bonds. The van der Waals surface area contributed by atoms with Crippen LogP contribution in [0.25, 0.3) is 0 Å². The smallest absolute Gasteiger partial charge is 0.248 e. The van der Waals surface area contributed by atoms with E-state index in [9.17, 15) is 12.6 Å². The minimum absolute atomic E-state index is 0.0776. The Balaban J connectivity index is 2.78. The van der Waals surface area contributed by atoms with Gasteiger partial charge >= 0.3 is 0 Å². The van der Waals surface area contributed by atoms with Gasteiger partial charge in [-0.05, 0) is 12.1 Å². The maximum absolute atomic E-state index is 11.7. The van der Waals surface area contributed by atoms with Crippen LogP contribution in [0.5, 0.6) is 0 Å². The van der Waals surface area contributed by atoms with Crippen molar-refractivity contribution in [3.63, 3.8) is 0 Å². The fourth-order valence-electron chi connectivity index (χ4n) is 1.38. The summed E-state index contributed by atoms with van der Waals surface area (Å²) in [6.45, 7) is 0. The largest absolute Gasteiger partial charge is 0.323 e. The first-order valence-corrected chi connectivity index (χ1v) is 6.06. The zero-order valence-electron chi connectivity index (χ0n) is 7.30. The van der Waals surface area contributed by atoms with Crippen LogP contribution in [0.2, 0.25) is 0 Å². The molecule has 1 heterocycles. The van der Waals surface area contributed by atoms with Crippen molar-refractivity contribution < 1.29 is 12.6 Å². The van der Waals surface area contributed by atoms with E-state index in [2.05, 4.69) is 0 Å². The molecule has 1 aliphatic heterocycles. The van der Waals surface area contributed by atoms with E-state index in [1.165, 1.54) is 4.90 Å². The topological polar surface area (TPSA) is 54.5 Å². The molecular formula is C8H7NO3S2. The van der Waals surface area contributed by atoms with Gasteiger partial charge in [0.25, 0.3) is 0 Å². The van der Waals surface area contributed by atoms with Gasteiger partial charge in [0.1, 0.15) is 10.8 Å². The summed E-state index contributed by atoms with van der Waals surface area (Å²) >= 11 is 0. The minimum Gasteiger partial charge on any atom is -0.323 e. The van der Waals surface area contributed by atoms with Gasteiger partial charge in [-0.2, -0.15) is 8.42 Å². The number of hydrogen-bond acceptors (Lipinski definition) is 3. The van der Waals surface area contributed by atoms with Crippen LogP contribution < -0.4 is 4.90 Å². The van der Waals surface area contributed by atoms with Gasteiger partial charge in [-0.1, -0.05) is 12.1 Å². The zero-order valence-corrected chi connectivity index (χ0v) is 8.93. The molecule has 0 N–H and O–H groups in total. The molecule has 0 saturated heterocycles. The zero-order chi connectivity index (χ0) is 10.3. The number of fused-ring (bicyclic) bond motifs is 1. The number of rotatable bonds is 0. The van der Waals surface area contributed by atoms with E-state index < -0.39 is 21.1 Å². The highest BCUT2D eigenvalue weighted by molar-refractivity contribution is 8.12. The van der Waals surface area contributed by atoms with Crippen LogP contribution in [-0.2, 0) is 21.1 Å². The van der Waals surface area contributed by atoms with Gasteiger partial charge in [0, 0.05) is 7.05 Å². The van der Waals surface area contributed by atoms with Crippen molar-refractivity contribution in [2.24, 2.45) is 0 Å². The summed E-state index contributed by atoms with van der Waals surface area (Å²) in [7, 11) is -2.41. The monoisotopic (exact) mass is 229 g/mol. The maximum atomic E-state index is 11.7. The fraction of sp³-hybridized carbons (Fsp3) is 0.125. The Kier molecular flexibility index (Phi) is 2.16. The summed E-state index contributed by atoms with van der Waals surface area (Å²) in [4.78, 5) is 1.99. The Morgan fingerprint density at radius 3 is 2.50 bits per heavy atom. The molecule has 4 nitrogen and oxygen atoms in total. The number of hydrogen-bond donors (Lipinski definition) is 0. The second-order valence-electron chi connectivity index (χ2n) is 2.80. The van der Waals surface area contributed by atoms with E-state index in [1.807, 2.05) is 0 Å². The van der Waals surface area contributed by atoms with Crippen molar-refractivity contribution in [3.05, 3.63) is 24.3 Å². The van der Waals surface area contributed by atoms with E-state index in [-0.39, 0.29) is 4.32 Å². The molecule has 1 aliphatic rings. The SMILES string of the molecule is CN1C(=S(=O)=O)S(=O)c2ccccc21. The molecule has 0 bridgehead atoms. The first-order chi connectivity index (χ1) is 6.63. The maximum Gasteiger partial charge on any atom is 0.248 e. The average molecular weight is 229 g/mol. The Bertz CT molecular complexity index is 539. The van der Waals surface area contributed by atoms with Crippen molar-refractivity contribution in [1.82, 2.24) is 0 Å². The molecule has 0 aromatic heterocycles. The number of anilines is 1. The predicted molar refractivity (Wildman–Crippen MR) is 55.2 cm³/mol. The molecule has 2 rings (SSSR count). The lowest BCUT2D eigenvalue weighted by Crippen LogP contribution is -2.23. The van der Waals surface area contributed by atoms with Crippen LogP contribution in [0.1, 0.15) is 0 Å². The summed E-state index contributed by atoms with van der Waals surface area (Å²) in [5.41, 5.74) is 0.685. The molecule has 0 spiro atoms. The highest BCUT2D eigenvalue weighted by Crippen LogP contribution is 2.30. The van der Waals surface area contributed by atoms with E-state index in [4.69, 9.17) is 0 Å². The van der Waals surface area contributed by atoms with Crippen molar-refractivity contribution >= 4 is 31.1 Å². The summed E-state index contributed by atoms with van der Waals surface area (Å²) in [5.74, 6) is 0. The lowest BCUT2D eigenvalue weighted by atomic mass is 10.3. The standard InChI is InChI=1S/C8H7NO3S2/c1-9-6-4-2-3-5-7(6)13(10)8(9)14(11)12/h2-5H,1H3. The van der Waals surface area contributed by atoms with E-state index in [1.54, 1.807) is 31.3 Å². The van der Waals surface area contributed by atoms with Crippen molar-refractivity contribution in [3.8, 4) is 0 Å². The third-order valence-corrected chi connectivity index (χ3v) is 4.76. The first-order valence-electron chi connectivity index (χ1n) is 3.83. The van der Waals surface area contributed by atoms with Crippen LogP contribution >= 0.6 is 0 Å². The van der Waals surface area contributed by atoms with Crippen molar-refractivity contribution in [1.29, 1.82) is 0 Å². The minimum atomic E-state index is -2.43. The molecule has 74 valence electrons. The predicted octanol–water partition coefficient (Wildman–Crippen LogP) is 0.210. The number of para-hydroxylation sites is 1. The normalized spacial score (nSPS) is 19.6. The second-order valence-corrected chi connectivity index (χ2v) is 5.27. The summed E-state index contributed by atoms with van der Waals surface area (Å²) in [6, 6.07) is 6.93. The van der Waals surface area contributed by atoms with Crippen LogP contribution in [0.4, 0.5) is 5.69 Å². The molecule has 0 saturated carbocycles. The highest BCUT2D eigenvalue weighted by atomic mass is 32.2. The molecule has 6 heteroatoms. The third-order valence-electron chi connectivity index (χ3n) is 2.00. The van der Waals surface area contributed by atoms with Gasteiger partial charge in [-0.25, -0.2) is 4.21 Å². The van der Waals surface area contributed by atoms with Crippen LogP contribution in [0.3, 0.4) is 0 Å². The van der Waals surface area contributed by atoms with Crippen molar-refractivity contribution in [2.45, 2.75) is 4.90 Å². The molecule has 1 unspecified atom stereocenters. The number of nitrogens with zero attached hydrogens (tertiary/aromatic N) is 1. The van der Waals surface area contributed by atoms with Gasteiger partial charge in [0.15, 0.2) is 0 Å². The fourth-order valence-corrected chi connectivity index (χ4v) is 3.60. The Morgan fingerprint density at radius 2 is 1.93 bits per heavy atom. The molecule has 0 aliphatic carbocycles. The number of benzene rings is 1. The van der Waals surface area contributed by atoms with E-state index >= 15 is 0 Å². The van der Waals surface area contributed by atoms with Crippen LogP contribution in [0.15, 0.2) is 29.2 Å². The highest BCUT2D eigenvalue weighted by Gasteiger charge is 2.30. The average Bonchev–Trinajstić information content (AvgIpc) is 2.41. The summed E-state index contributed by atoms with van der Waals surface area (Å²) < 4.78 is 33.2. The molecule has 1 aromatic rings. The van der Waals surface area contributed by atoms with E-state index in [0.29, 0.717) is 10.6 Å². The van der Waals surface area contributed by atoms with Crippen molar-refractivity contribution in [2.75, 3.05) is 11.9 Å². The van der Waals surface area contributed by atoms with Crippen LogP contribution in [-0.4, -0.2) is 24.0 Å². The quantitative estimate of drug-likeness (QED) is 0.471.